The number of hydrogen-bond donors (Lipinski definition) is 1. The summed E-state index contributed by atoms with van der Waals surface area (Å²) in [5.41, 5.74) is 5.31. The second kappa shape index (κ2) is 17.3. The molecule has 2 N–H and O–H groups in total. The Bertz CT molecular complexity index is 81.1. The lowest BCUT2D eigenvalue weighted by Crippen LogP contribution is -3.00. The predicted octanol–water partition coefficient (Wildman–Crippen LogP) is -0.180. The summed E-state index contributed by atoms with van der Waals surface area (Å²) < 4.78 is 1.00. The summed E-state index contributed by atoms with van der Waals surface area (Å²) >= 11 is 0. The quantitative estimate of drug-likeness (QED) is 0.541. The van der Waals surface area contributed by atoms with Gasteiger partial charge in [0.15, 0.2) is 0 Å². The Balaban J connectivity index is -0.0000000770. The predicted molar refractivity (Wildman–Crippen MR) is 72.1 cm³/mol. The zero-order valence-corrected chi connectivity index (χ0v) is 14.4. The third kappa shape index (κ3) is 71.4. The van der Waals surface area contributed by atoms with Gasteiger partial charge in [0.05, 0.1) is 28.2 Å². The number of hydrogen-bond acceptors (Lipinski definition) is 1. The van der Waals surface area contributed by atoms with Gasteiger partial charge >= 0.3 is 0 Å². The fourth-order valence-corrected chi connectivity index (χ4v) is 0.748. The van der Waals surface area contributed by atoms with Gasteiger partial charge < -0.3 is 27.2 Å². The van der Waals surface area contributed by atoms with Crippen LogP contribution in [0, 0.1) is 0 Å². The molecule has 0 saturated carbocycles. The minimum Gasteiger partial charge on any atom is -1.00 e. The molecule has 0 atom stereocenters. The smallest absolute Gasteiger partial charge is 0.0675 e. The van der Waals surface area contributed by atoms with Gasteiger partial charge in [0.25, 0.3) is 0 Å². The Morgan fingerprint density at radius 2 is 1.20 bits per heavy atom. The van der Waals surface area contributed by atoms with Crippen molar-refractivity contribution in [3.63, 3.8) is 0 Å². The Kier molecular flexibility index (Phi) is 28.7. The van der Waals surface area contributed by atoms with E-state index in [1.807, 2.05) is 0 Å². The van der Waals surface area contributed by atoms with E-state index >= 15 is 0 Å². The van der Waals surface area contributed by atoms with Gasteiger partial charge in [0.2, 0.25) is 0 Å². The highest BCUT2D eigenvalue weighted by Crippen LogP contribution is 2.00. The number of unbranched alkanes of at least 4 members (excludes halogenated alkanes) is 4. The van der Waals surface area contributed by atoms with Gasteiger partial charge in [-0.2, -0.15) is 0 Å². The average Bonchev–Trinajstić information content (AvgIpc) is 1.95. The van der Waals surface area contributed by atoms with Gasteiger partial charge in [0, 0.05) is 0 Å². The summed E-state index contributed by atoms with van der Waals surface area (Å²) in [6.45, 7) is 3.09. The van der Waals surface area contributed by atoms with Crippen LogP contribution in [0.3, 0.4) is 0 Å². The fourth-order valence-electron chi connectivity index (χ4n) is 0.748. The second-order valence-electron chi connectivity index (χ2n) is 4.89. The molecule has 0 aromatic heterocycles. The van der Waals surface area contributed by atoms with Gasteiger partial charge in [-0.3, -0.25) is 0 Å². The van der Waals surface area contributed by atoms with Crippen molar-refractivity contribution in [2.24, 2.45) is 5.73 Å². The van der Waals surface area contributed by atoms with E-state index in [1.54, 1.807) is 0 Å². The van der Waals surface area contributed by atoms with E-state index in [0.29, 0.717) is 0 Å². The molecule has 15 heavy (non-hydrogen) atoms. The zero-order chi connectivity index (χ0) is 10.7. The van der Waals surface area contributed by atoms with Crippen molar-refractivity contribution < 1.29 is 21.5 Å². The van der Waals surface area contributed by atoms with Crippen LogP contribution in [0.15, 0.2) is 0 Å². The monoisotopic (exact) mass is 348 g/mol. The Morgan fingerprint density at radius 3 is 1.47 bits per heavy atom. The first-order valence-corrected chi connectivity index (χ1v) is 5.40. The van der Waals surface area contributed by atoms with E-state index in [1.165, 1.54) is 32.1 Å². The summed E-state index contributed by atoms with van der Waals surface area (Å²) in [4.78, 5) is 0. The summed E-state index contributed by atoms with van der Waals surface area (Å²) in [6, 6.07) is 0. The summed E-state index contributed by atoms with van der Waals surface area (Å²) in [7, 11) is 8.50. The Hall–Kier alpha value is 0.880. The van der Waals surface area contributed by atoms with Crippen molar-refractivity contribution in [3.8, 4) is 0 Å². The molecule has 0 unspecified atom stereocenters. The van der Waals surface area contributed by atoms with Crippen LogP contribution in [0.5, 0.6) is 0 Å². The summed E-state index contributed by atoms with van der Waals surface area (Å²) in [6.07, 6.45) is 6.60. The van der Waals surface area contributed by atoms with Gasteiger partial charge in [-0.15, -0.1) is 17.0 Å². The minimum atomic E-state index is 0. The maximum atomic E-state index is 5.31. The largest absolute Gasteiger partial charge is 1.00 e. The molecule has 0 bridgehead atoms. The molecule has 0 aliphatic rings. The van der Waals surface area contributed by atoms with Crippen LogP contribution in [0.4, 0.5) is 0 Å². The summed E-state index contributed by atoms with van der Waals surface area (Å²) in [5.74, 6) is 0. The molecule has 4 heteroatoms. The highest BCUT2D eigenvalue weighted by molar-refractivity contribution is 8.93. The first-order valence-electron chi connectivity index (χ1n) is 5.40. The van der Waals surface area contributed by atoms with Crippen LogP contribution in [-0.4, -0.2) is 39.2 Å². The normalized spacial score (nSPS) is 9.20. The standard InChI is InChI=1S/C7H17N.C4H12N.2BrH/c1-2-3-4-5-6-7-8;1-5(2,3)4;;/h2-8H2,1H3;1-4H3;2*1H/q;+1;;/p-1. The van der Waals surface area contributed by atoms with E-state index in [2.05, 4.69) is 35.1 Å². The van der Waals surface area contributed by atoms with Gasteiger partial charge in [-0.1, -0.05) is 32.6 Å². The Labute approximate surface area is 118 Å². The van der Waals surface area contributed by atoms with Crippen molar-refractivity contribution in [1.29, 1.82) is 0 Å². The highest BCUT2D eigenvalue weighted by Gasteiger charge is 1.88. The molecular weight excluding hydrogens is 320 g/mol. The first-order chi connectivity index (χ1) is 5.91. The molecule has 0 aromatic carbocycles. The van der Waals surface area contributed by atoms with E-state index in [4.69, 9.17) is 5.73 Å². The van der Waals surface area contributed by atoms with Gasteiger partial charge in [-0.25, -0.2) is 0 Å². The van der Waals surface area contributed by atoms with E-state index in [9.17, 15) is 0 Å². The molecular formula is C11H30Br2N2. The van der Waals surface area contributed by atoms with Crippen molar-refractivity contribution in [3.05, 3.63) is 0 Å². The first kappa shape index (κ1) is 24.9. The van der Waals surface area contributed by atoms with Crippen LogP contribution in [0.1, 0.15) is 39.0 Å². The molecule has 0 fully saturated rings. The molecule has 0 aromatic rings. The molecule has 2 nitrogen and oxygen atoms in total. The van der Waals surface area contributed by atoms with Crippen molar-refractivity contribution in [2.75, 3.05) is 34.7 Å². The number of rotatable bonds is 5. The summed E-state index contributed by atoms with van der Waals surface area (Å²) in [5, 5.41) is 0. The third-order valence-corrected chi connectivity index (χ3v) is 1.31. The SMILES string of the molecule is Br.CCCCCCCN.C[N+](C)(C)C.[Br-]. The van der Waals surface area contributed by atoms with E-state index < -0.39 is 0 Å². The topological polar surface area (TPSA) is 26.0 Å². The van der Waals surface area contributed by atoms with Crippen LogP contribution in [0.25, 0.3) is 0 Å². The van der Waals surface area contributed by atoms with Crippen molar-refractivity contribution in [1.82, 2.24) is 0 Å². The maximum absolute atomic E-state index is 5.31. The molecule has 98 valence electrons. The third-order valence-electron chi connectivity index (χ3n) is 1.31. The number of quaternary nitrogens is 1. The van der Waals surface area contributed by atoms with Crippen LogP contribution < -0.4 is 22.7 Å². The van der Waals surface area contributed by atoms with Crippen LogP contribution >= 0.6 is 17.0 Å². The molecule has 0 saturated heterocycles. The number of halogens is 2. The lowest BCUT2D eigenvalue weighted by Gasteiger charge is -2.14. The second-order valence-corrected chi connectivity index (χ2v) is 4.89. The molecule has 0 aliphatic heterocycles. The number of nitrogens with two attached hydrogens (primary N) is 1. The molecule has 0 rings (SSSR count). The molecule has 0 heterocycles. The van der Waals surface area contributed by atoms with Crippen molar-refractivity contribution >= 4 is 17.0 Å². The molecule has 0 spiro atoms. The molecule has 0 amide bonds. The van der Waals surface area contributed by atoms with E-state index in [-0.39, 0.29) is 34.0 Å². The zero-order valence-electron chi connectivity index (χ0n) is 11.1. The van der Waals surface area contributed by atoms with Gasteiger partial charge in [0.1, 0.15) is 0 Å². The van der Waals surface area contributed by atoms with Crippen LogP contribution in [0.2, 0.25) is 0 Å². The lowest BCUT2D eigenvalue weighted by atomic mass is 10.2. The maximum Gasteiger partial charge on any atom is 0.0675 e. The minimum absolute atomic E-state index is 0. The van der Waals surface area contributed by atoms with Crippen LogP contribution in [-0.2, 0) is 0 Å². The highest BCUT2D eigenvalue weighted by atomic mass is 79.9. The molecule has 0 aliphatic carbocycles. The average molecular weight is 350 g/mol. The van der Waals surface area contributed by atoms with E-state index in [0.717, 1.165) is 11.0 Å². The van der Waals surface area contributed by atoms with Gasteiger partial charge in [-0.05, 0) is 13.0 Å². The molecule has 0 radical (unpaired) electrons. The number of nitrogens with zero attached hydrogens (tertiary/aromatic N) is 1. The fraction of sp³-hybridized carbons (Fsp3) is 1.00. The lowest BCUT2D eigenvalue weighted by molar-refractivity contribution is -0.849. The van der Waals surface area contributed by atoms with Crippen molar-refractivity contribution in [2.45, 2.75) is 39.0 Å². The Morgan fingerprint density at radius 1 is 0.867 bits per heavy atom.